The first kappa shape index (κ1) is 16.9. The van der Waals surface area contributed by atoms with Gasteiger partial charge in [0.2, 0.25) is 0 Å². The lowest BCUT2D eigenvalue weighted by Crippen LogP contribution is -2.34. The number of aryl methyl sites for hydroxylation is 1. The quantitative estimate of drug-likeness (QED) is 0.710. The van der Waals surface area contributed by atoms with E-state index in [0.29, 0.717) is 5.92 Å². The Kier molecular flexibility index (Phi) is 5.02. The number of likely N-dealkylation sites (tertiary alicyclic amines) is 1. The standard InChI is InChI=1S/C22H24N4/c1-17-6-4-7-18(12-17)21-13-23-14-22(25-21)19-8-5-11-26(15-19)16-20-9-2-3-10-24-20/h2-4,6-7,9-10,12-14,19H,5,8,11,15-16H2,1H3. The van der Waals surface area contributed by atoms with Gasteiger partial charge in [-0.15, -0.1) is 0 Å². The molecule has 4 heteroatoms. The van der Waals surface area contributed by atoms with Crippen LogP contribution in [0, 0.1) is 6.92 Å². The Labute approximate surface area is 155 Å². The molecule has 1 unspecified atom stereocenters. The Morgan fingerprint density at radius 1 is 1.12 bits per heavy atom. The first-order valence-electron chi connectivity index (χ1n) is 9.29. The summed E-state index contributed by atoms with van der Waals surface area (Å²) in [6.07, 6.45) is 8.03. The molecule has 1 atom stereocenters. The van der Waals surface area contributed by atoms with Crippen molar-refractivity contribution in [2.24, 2.45) is 0 Å². The third-order valence-electron chi connectivity index (χ3n) is 5.00. The minimum Gasteiger partial charge on any atom is -0.297 e. The molecule has 1 aromatic carbocycles. The lowest BCUT2D eigenvalue weighted by Gasteiger charge is -2.32. The highest BCUT2D eigenvalue weighted by Crippen LogP contribution is 2.27. The lowest BCUT2D eigenvalue weighted by atomic mass is 9.94. The van der Waals surface area contributed by atoms with Gasteiger partial charge in [0.15, 0.2) is 0 Å². The van der Waals surface area contributed by atoms with E-state index in [9.17, 15) is 0 Å². The van der Waals surface area contributed by atoms with Crippen LogP contribution in [0.5, 0.6) is 0 Å². The zero-order valence-corrected chi connectivity index (χ0v) is 15.2. The van der Waals surface area contributed by atoms with Crippen molar-refractivity contribution < 1.29 is 0 Å². The fraction of sp³-hybridized carbons (Fsp3) is 0.318. The van der Waals surface area contributed by atoms with E-state index in [-0.39, 0.29) is 0 Å². The van der Waals surface area contributed by atoms with Gasteiger partial charge in [0.1, 0.15) is 0 Å². The monoisotopic (exact) mass is 344 g/mol. The second kappa shape index (κ2) is 7.75. The molecule has 1 aliphatic heterocycles. The van der Waals surface area contributed by atoms with Crippen molar-refractivity contribution in [3.8, 4) is 11.3 Å². The summed E-state index contributed by atoms with van der Waals surface area (Å²) in [7, 11) is 0. The van der Waals surface area contributed by atoms with Crippen molar-refractivity contribution in [1.29, 1.82) is 0 Å². The molecule has 4 rings (SSSR count). The fourth-order valence-corrected chi connectivity index (χ4v) is 3.68. The van der Waals surface area contributed by atoms with Crippen molar-refractivity contribution in [3.63, 3.8) is 0 Å². The molecule has 1 aliphatic rings. The minimum absolute atomic E-state index is 0.435. The average Bonchev–Trinajstić information content (AvgIpc) is 2.69. The Hall–Kier alpha value is -2.59. The molecule has 0 aliphatic carbocycles. The summed E-state index contributed by atoms with van der Waals surface area (Å²) in [5, 5.41) is 0. The zero-order valence-electron chi connectivity index (χ0n) is 15.2. The highest BCUT2D eigenvalue weighted by molar-refractivity contribution is 5.59. The number of nitrogens with zero attached hydrogens (tertiary/aromatic N) is 4. The van der Waals surface area contributed by atoms with Crippen LogP contribution in [0.2, 0.25) is 0 Å². The molecule has 4 nitrogen and oxygen atoms in total. The van der Waals surface area contributed by atoms with Gasteiger partial charge >= 0.3 is 0 Å². The maximum Gasteiger partial charge on any atom is 0.0888 e. The molecule has 2 aromatic heterocycles. The Morgan fingerprint density at radius 3 is 2.92 bits per heavy atom. The van der Waals surface area contributed by atoms with Gasteiger partial charge in [0.25, 0.3) is 0 Å². The Bertz CT molecular complexity index is 863. The first-order valence-corrected chi connectivity index (χ1v) is 9.29. The predicted octanol–water partition coefficient (Wildman–Crippen LogP) is 4.23. The van der Waals surface area contributed by atoms with E-state index in [4.69, 9.17) is 4.98 Å². The molecule has 26 heavy (non-hydrogen) atoms. The van der Waals surface area contributed by atoms with Crippen LogP contribution in [-0.2, 0) is 6.54 Å². The van der Waals surface area contributed by atoms with Gasteiger partial charge in [-0.25, -0.2) is 4.98 Å². The Morgan fingerprint density at radius 2 is 2.08 bits per heavy atom. The summed E-state index contributed by atoms with van der Waals surface area (Å²) >= 11 is 0. The van der Waals surface area contributed by atoms with E-state index >= 15 is 0 Å². The molecular weight excluding hydrogens is 320 g/mol. The van der Waals surface area contributed by atoms with Gasteiger partial charge in [0, 0.05) is 37.0 Å². The molecule has 0 spiro atoms. The van der Waals surface area contributed by atoms with Crippen LogP contribution in [0.3, 0.4) is 0 Å². The molecule has 1 fully saturated rings. The van der Waals surface area contributed by atoms with Gasteiger partial charge in [-0.2, -0.15) is 0 Å². The normalized spacial score (nSPS) is 18.0. The van der Waals surface area contributed by atoms with Crippen molar-refractivity contribution in [2.45, 2.75) is 32.2 Å². The highest BCUT2D eigenvalue weighted by Gasteiger charge is 2.23. The van der Waals surface area contributed by atoms with Gasteiger partial charge in [0.05, 0.1) is 23.3 Å². The fourth-order valence-electron chi connectivity index (χ4n) is 3.68. The van der Waals surface area contributed by atoms with Gasteiger partial charge < -0.3 is 0 Å². The topological polar surface area (TPSA) is 41.9 Å². The maximum absolute atomic E-state index is 4.94. The largest absolute Gasteiger partial charge is 0.297 e. The molecule has 0 N–H and O–H groups in total. The van der Waals surface area contributed by atoms with Crippen LogP contribution in [0.1, 0.15) is 35.7 Å². The first-order chi connectivity index (χ1) is 12.8. The molecule has 0 amide bonds. The molecule has 0 radical (unpaired) electrons. The second-order valence-corrected chi connectivity index (χ2v) is 7.09. The number of aromatic nitrogens is 3. The van der Waals surface area contributed by atoms with Crippen LogP contribution >= 0.6 is 0 Å². The number of hydrogen-bond donors (Lipinski definition) is 0. The van der Waals surface area contributed by atoms with Crippen molar-refractivity contribution >= 4 is 0 Å². The number of benzene rings is 1. The summed E-state index contributed by atoms with van der Waals surface area (Å²) in [5.41, 5.74) is 5.59. The molecule has 3 heterocycles. The van der Waals surface area contributed by atoms with Gasteiger partial charge in [-0.3, -0.25) is 14.9 Å². The van der Waals surface area contributed by atoms with Crippen molar-refractivity contribution in [3.05, 3.63) is 78.0 Å². The van der Waals surface area contributed by atoms with Crippen molar-refractivity contribution in [1.82, 2.24) is 19.9 Å². The van der Waals surface area contributed by atoms with E-state index in [0.717, 1.165) is 42.3 Å². The number of piperidine rings is 1. The molecular formula is C22H24N4. The maximum atomic E-state index is 4.94. The van der Waals surface area contributed by atoms with E-state index in [1.54, 1.807) is 0 Å². The SMILES string of the molecule is Cc1cccc(-c2cncc(C3CCCN(Cc4ccccn4)C3)n2)c1. The molecule has 132 valence electrons. The van der Waals surface area contributed by atoms with Crippen LogP contribution in [0.15, 0.2) is 61.1 Å². The summed E-state index contributed by atoms with van der Waals surface area (Å²) in [6.45, 7) is 5.15. The summed E-state index contributed by atoms with van der Waals surface area (Å²) < 4.78 is 0. The summed E-state index contributed by atoms with van der Waals surface area (Å²) in [6, 6.07) is 14.6. The molecule has 0 bridgehead atoms. The lowest BCUT2D eigenvalue weighted by molar-refractivity contribution is 0.196. The van der Waals surface area contributed by atoms with E-state index in [2.05, 4.69) is 58.2 Å². The molecule has 1 saturated heterocycles. The average molecular weight is 344 g/mol. The predicted molar refractivity (Wildman–Crippen MR) is 104 cm³/mol. The minimum atomic E-state index is 0.435. The summed E-state index contributed by atoms with van der Waals surface area (Å²) in [5.74, 6) is 0.435. The highest BCUT2D eigenvalue weighted by atomic mass is 15.1. The molecule has 3 aromatic rings. The van der Waals surface area contributed by atoms with E-state index in [1.807, 2.05) is 24.7 Å². The zero-order chi connectivity index (χ0) is 17.8. The van der Waals surface area contributed by atoms with Crippen LogP contribution in [-0.4, -0.2) is 32.9 Å². The second-order valence-electron chi connectivity index (χ2n) is 7.09. The third kappa shape index (κ3) is 3.97. The third-order valence-corrected chi connectivity index (χ3v) is 5.00. The number of pyridine rings is 1. The van der Waals surface area contributed by atoms with Crippen LogP contribution in [0.4, 0.5) is 0 Å². The number of hydrogen-bond acceptors (Lipinski definition) is 4. The van der Waals surface area contributed by atoms with E-state index < -0.39 is 0 Å². The van der Waals surface area contributed by atoms with Crippen LogP contribution < -0.4 is 0 Å². The van der Waals surface area contributed by atoms with Crippen LogP contribution in [0.25, 0.3) is 11.3 Å². The molecule has 0 saturated carbocycles. The van der Waals surface area contributed by atoms with Crippen molar-refractivity contribution in [2.75, 3.05) is 13.1 Å². The van der Waals surface area contributed by atoms with Gasteiger partial charge in [-0.1, -0.05) is 29.8 Å². The Balaban J connectivity index is 1.51. The number of rotatable bonds is 4. The smallest absolute Gasteiger partial charge is 0.0888 e. The van der Waals surface area contributed by atoms with E-state index in [1.165, 1.54) is 18.4 Å². The summed E-state index contributed by atoms with van der Waals surface area (Å²) in [4.78, 5) is 16.4. The van der Waals surface area contributed by atoms with Gasteiger partial charge in [-0.05, 0) is 44.5 Å².